The van der Waals surface area contributed by atoms with Gasteiger partial charge in [-0.1, -0.05) is 36.8 Å². The number of anilines is 1. The zero-order valence-corrected chi connectivity index (χ0v) is 12.5. The highest BCUT2D eigenvalue weighted by Crippen LogP contribution is 2.18. The fraction of sp³-hybridized carbons (Fsp3) is 0.353. The standard InChI is InChI=1S/C17H23N3/c1-4-16(18)17-10-9-15(11-19-17)20(3)12-14-7-5-13(2)6-8-14/h5-11,16H,4,12,18H2,1-3H3/t16-/m0/s1. The first-order valence-corrected chi connectivity index (χ1v) is 7.08. The lowest BCUT2D eigenvalue weighted by Crippen LogP contribution is -2.17. The van der Waals surface area contributed by atoms with Crippen LogP contribution in [-0.4, -0.2) is 12.0 Å². The summed E-state index contributed by atoms with van der Waals surface area (Å²) in [4.78, 5) is 6.65. The van der Waals surface area contributed by atoms with E-state index >= 15 is 0 Å². The molecule has 0 fully saturated rings. The largest absolute Gasteiger partial charge is 0.369 e. The number of rotatable bonds is 5. The average molecular weight is 269 g/mol. The van der Waals surface area contributed by atoms with Gasteiger partial charge in [0.25, 0.3) is 0 Å². The van der Waals surface area contributed by atoms with Crippen LogP contribution in [0.2, 0.25) is 0 Å². The van der Waals surface area contributed by atoms with Crippen molar-refractivity contribution in [3.8, 4) is 0 Å². The van der Waals surface area contributed by atoms with Crippen LogP contribution in [0.4, 0.5) is 5.69 Å². The van der Waals surface area contributed by atoms with E-state index in [-0.39, 0.29) is 6.04 Å². The fourth-order valence-corrected chi connectivity index (χ4v) is 2.11. The quantitative estimate of drug-likeness (QED) is 0.904. The molecule has 3 nitrogen and oxygen atoms in total. The second-order valence-electron chi connectivity index (χ2n) is 5.30. The first-order chi connectivity index (χ1) is 9.60. The van der Waals surface area contributed by atoms with Gasteiger partial charge in [-0.2, -0.15) is 0 Å². The predicted octanol–water partition coefficient (Wildman–Crippen LogP) is 3.44. The molecule has 2 aromatic rings. The number of hydrogen-bond donors (Lipinski definition) is 1. The molecule has 0 bridgehead atoms. The van der Waals surface area contributed by atoms with Crippen molar-refractivity contribution < 1.29 is 0 Å². The van der Waals surface area contributed by atoms with Gasteiger partial charge in [-0.15, -0.1) is 0 Å². The molecule has 1 aromatic carbocycles. The van der Waals surface area contributed by atoms with Gasteiger partial charge in [-0.25, -0.2) is 0 Å². The van der Waals surface area contributed by atoms with E-state index in [2.05, 4.69) is 61.1 Å². The molecule has 0 amide bonds. The minimum atomic E-state index is 0.0338. The van der Waals surface area contributed by atoms with Gasteiger partial charge in [0, 0.05) is 19.6 Å². The predicted molar refractivity (Wildman–Crippen MR) is 84.7 cm³/mol. The van der Waals surface area contributed by atoms with Crippen molar-refractivity contribution in [3.63, 3.8) is 0 Å². The minimum absolute atomic E-state index is 0.0338. The van der Waals surface area contributed by atoms with E-state index < -0.39 is 0 Å². The van der Waals surface area contributed by atoms with Crippen molar-refractivity contribution in [2.45, 2.75) is 32.9 Å². The third kappa shape index (κ3) is 3.58. The molecule has 0 saturated heterocycles. The molecule has 0 aliphatic rings. The zero-order chi connectivity index (χ0) is 14.5. The molecule has 2 rings (SSSR count). The molecular weight excluding hydrogens is 246 g/mol. The third-order valence-electron chi connectivity index (χ3n) is 3.57. The van der Waals surface area contributed by atoms with Crippen molar-refractivity contribution in [1.29, 1.82) is 0 Å². The van der Waals surface area contributed by atoms with Gasteiger partial charge in [0.15, 0.2) is 0 Å². The van der Waals surface area contributed by atoms with Crippen LogP contribution in [0, 0.1) is 6.92 Å². The molecular formula is C17H23N3. The Hall–Kier alpha value is -1.87. The molecule has 1 aromatic heterocycles. The number of aromatic nitrogens is 1. The van der Waals surface area contributed by atoms with E-state index in [1.807, 2.05) is 12.3 Å². The molecule has 0 saturated carbocycles. The maximum Gasteiger partial charge on any atom is 0.0572 e. The van der Waals surface area contributed by atoms with Crippen LogP contribution in [0.15, 0.2) is 42.6 Å². The first-order valence-electron chi connectivity index (χ1n) is 7.08. The van der Waals surface area contributed by atoms with Crippen LogP contribution in [0.1, 0.15) is 36.2 Å². The molecule has 0 aliphatic carbocycles. The SMILES string of the molecule is CC[C@H](N)c1ccc(N(C)Cc2ccc(C)cc2)cn1. The number of hydrogen-bond acceptors (Lipinski definition) is 3. The van der Waals surface area contributed by atoms with Crippen LogP contribution < -0.4 is 10.6 Å². The van der Waals surface area contributed by atoms with Crippen molar-refractivity contribution in [3.05, 3.63) is 59.4 Å². The number of aryl methyl sites for hydroxylation is 1. The Morgan fingerprint density at radius 3 is 2.40 bits per heavy atom. The van der Waals surface area contributed by atoms with E-state index in [9.17, 15) is 0 Å². The average Bonchev–Trinajstić information content (AvgIpc) is 2.49. The van der Waals surface area contributed by atoms with E-state index in [1.54, 1.807) is 0 Å². The summed E-state index contributed by atoms with van der Waals surface area (Å²) in [5.74, 6) is 0. The summed E-state index contributed by atoms with van der Waals surface area (Å²) in [6.45, 7) is 5.05. The van der Waals surface area contributed by atoms with E-state index in [0.717, 1.165) is 24.3 Å². The summed E-state index contributed by atoms with van der Waals surface area (Å²) in [6.07, 6.45) is 2.81. The maximum atomic E-state index is 5.98. The molecule has 1 heterocycles. The number of nitrogens with zero attached hydrogens (tertiary/aromatic N) is 2. The van der Waals surface area contributed by atoms with E-state index in [4.69, 9.17) is 5.73 Å². The van der Waals surface area contributed by atoms with Gasteiger partial charge in [0.05, 0.1) is 17.6 Å². The van der Waals surface area contributed by atoms with Gasteiger partial charge in [-0.05, 0) is 31.0 Å². The molecule has 2 N–H and O–H groups in total. The van der Waals surface area contributed by atoms with Crippen molar-refractivity contribution in [2.24, 2.45) is 5.73 Å². The van der Waals surface area contributed by atoms with Gasteiger partial charge in [-0.3, -0.25) is 4.98 Å². The van der Waals surface area contributed by atoms with Crippen LogP contribution in [0.25, 0.3) is 0 Å². The summed E-state index contributed by atoms with van der Waals surface area (Å²) < 4.78 is 0. The Balaban J connectivity index is 2.05. The Kier molecular flexibility index (Phi) is 4.74. The lowest BCUT2D eigenvalue weighted by atomic mass is 10.1. The fourth-order valence-electron chi connectivity index (χ4n) is 2.11. The number of benzene rings is 1. The molecule has 20 heavy (non-hydrogen) atoms. The lowest BCUT2D eigenvalue weighted by molar-refractivity contribution is 0.675. The summed E-state index contributed by atoms with van der Waals surface area (Å²) in [5.41, 5.74) is 10.6. The van der Waals surface area contributed by atoms with Crippen LogP contribution >= 0.6 is 0 Å². The summed E-state index contributed by atoms with van der Waals surface area (Å²) >= 11 is 0. The van der Waals surface area contributed by atoms with E-state index in [0.29, 0.717) is 0 Å². The molecule has 1 atom stereocenters. The highest BCUT2D eigenvalue weighted by molar-refractivity contribution is 5.44. The molecule has 106 valence electrons. The van der Waals surface area contributed by atoms with Crippen molar-refractivity contribution >= 4 is 5.69 Å². The Labute approximate surface area is 121 Å². The smallest absolute Gasteiger partial charge is 0.0572 e. The normalized spacial score (nSPS) is 12.2. The monoisotopic (exact) mass is 269 g/mol. The van der Waals surface area contributed by atoms with Crippen LogP contribution in [0.3, 0.4) is 0 Å². The molecule has 0 unspecified atom stereocenters. The highest BCUT2D eigenvalue weighted by atomic mass is 15.1. The summed E-state index contributed by atoms with van der Waals surface area (Å²) in [6, 6.07) is 12.8. The molecule has 3 heteroatoms. The van der Waals surface area contributed by atoms with E-state index in [1.165, 1.54) is 11.1 Å². The van der Waals surface area contributed by atoms with Gasteiger partial charge in [0.2, 0.25) is 0 Å². The molecule has 0 spiro atoms. The lowest BCUT2D eigenvalue weighted by Gasteiger charge is -2.20. The summed E-state index contributed by atoms with van der Waals surface area (Å²) in [5, 5.41) is 0. The highest BCUT2D eigenvalue weighted by Gasteiger charge is 2.07. The zero-order valence-electron chi connectivity index (χ0n) is 12.5. The Morgan fingerprint density at radius 1 is 1.15 bits per heavy atom. The van der Waals surface area contributed by atoms with Crippen LogP contribution in [0.5, 0.6) is 0 Å². The Morgan fingerprint density at radius 2 is 1.85 bits per heavy atom. The third-order valence-corrected chi connectivity index (χ3v) is 3.57. The topological polar surface area (TPSA) is 42.1 Å². The second-order valence-corrected chi connectivity index (χ2v) is 5.30. The molecule has 0 aliphatic heterocycles. The van der Waals surface area contributed by atoms with Gasteiger partial charge >= 0.3 is 0 Å². The maximum absolute atomic E-state index is 5.98. The minimum Gasteiger partial charge on any atom is -0.369 e. The second kappa shape index (κ2) is 6.53. The first kappa shape index (κ1) is 14.5. The van der Waals surface area contributed by atoms with Crippen LogP contribution in [-0.2, 0) is 6.54 Å². The van der Waals surface area contributed by atoms with Crippen molar-refractivity contribution in [1.82, 2.24) is 4.98 Å². The summed E-state index contributed by atoms with van der Waals surface area (Å²) in [7, 11) is 2.08. The van der Waals surface area contributed by atoms with Gasteiger partial charge < -0.3 is 10.6 Å². The Bertz CT molecular complexity index is 531. The molecule has 0 radical (unpaired) electrons. The van der Waals surface area contributed by atoms with Crippen molar-refractivity contribution in [2.75, 3.05) is 11.9 Å². The number of nitrogens with two attached hydrogens (primary N) is 1. The van der Waals surface area contributed by atoms with Gasteiger partial charge in [0.1, 0.15) is 0 Å². The number of pyridine rings is 1.